The number of hydrogen-bond donors (Lipinski definition) is 7. The van der Waals surface area contributed by atoms with Crippen molar-refractivity contribution in [3.05, 3.63) is 215 Å². The minimum absolute atomic E-state index is 0.0349. The molecule has 772 valence electrons. The first-order chi connectivity index (χ1) is 68.6. The van der Waals surface area contributed by atoms with Crippen LogP contribution in [0.4, 0.5) is 0 Å². The summed E-state index contributed by atoms with van der Waals surface area (Å²) >= 11 is 0. The number of amides is 6. The summed E-state index contributed by atoms with van der Waals surface area (Å²) < 4.78 is 90.8. The topological polar surface area (TPSA) is 470 Å². The molecule has 36 nitrogen and oxygen atoms in total. The largest absolute Gasteiger partial charge is 0.481 e. The minimum atomic E-state index is -1.54. The van der Waals surface area contributed by atoms with Gasteiger partial charge < -0.3 is 108 Å². The molecule has 3 aliphatic heterocycles. The van der Waals surface area contributed by atoms with Crippen LogP contribution in [-0.4, -0.2) is 261 Å². The van der Waals surface area contributed by atoms with Crippen LogP contribution >= 0.6 is 0 Å². The number of aliphatic carboxylic acids is 1. The van der Waals surface area contributed by atoms with Crippen LogP contribution < -0.4 is 31.9 Å². The first kappa shape index (κ1) is 113. The van der Waals surface area contributed by atoms with E-state index in [-0.39, 0.29) is 248 Å². The molecule has 0 aliphatic carbocycles. The van der Waals surface area contributed by atoms with Crippen molar-refractivity contribution in [2.45, 2.75) is 212 Å². The van der Waals surface area contributed by atoms with Gasteiger partial charge in [0.25, 0.3) is 0 Å². The highest BCUT2D eigenvalue weighted by Crippen LogP contribution is 2.38. The molecule has 15 atom stereocenters. The molecule has 142 heavy (non-hydrogen) atoms. The van der Waals surface area contributed by atoms with E-state index in [0.29, 0.717) is 65.5 Å². The SMILES string of the molecule is C[C@@H]1C(COC(=O)c2ccccc2)O[C@@H](OCCCC(=O)CCCCNC(=O)CCOCC(COCCC(=O)NCCCNC(=O)CCCO[C@@H]2OC(COC(=O)c3ccccc3)[C@@H](C)[C@H](C)C2OC(=O)c2ccccc2)(COCCC(=O)NCCCNC(=O)CCCO[C@@H]2OC(COC(=O)c3ccccc3)[C@@H](C)[C@H](C)C2OC(=O)c2ccccc2)NC(=O)CCCC(=O)O)C(OC(=O)c2ccccc2)[C@H]1C. The molecule has 36 heteroatoms. The lowest BCUT2D eigenvalue weighted by atomic mass is 9.83. The number of esters is 6. The molecule has 0 radical (unpaired) electrons. The molecular formula is C106H138N6O30. The van der Waals surface area contributed by atoms with E-state index in [1.807, 2.05) is 41.5 Å². The number of ketones is 1. The van der Waals surface area contributed by atoms with Crippen LogP contribution in [0.1, 0.15) is 213 Å². The van der Waals surface area contributed by atoms with Crippen LogP contribution in [0.25, 0.3) is 0 Å². The Bertz CT molecular complexity index is 4440. The third kappa shape index (κ3) is 39.9. The van der Waals surface area contributed by atoms with Crippen LogP contribution in [0.3, 0.4) is 0 Å². The van der Waals surface area contributed by atoms with E-state index in [0.717, 1.165) is 0 Å². The second-order valence-electron chi connectivity index (χ2n) is 35.7. The lowest BCUT2D eigenvalue weighted by Crippen LogP contribution is -2.58. The van der Waals surface area contributed by atoms with E-state index in [4.69, 9.17) is 71.1 Å². The molecule has 6 aromatic rings. The van der Waals surface area contributed by atoms with E-state index in [9.17, 15) is 72.2 Å². The number of benzene rings is 6. The number of unbranched alkanes of at least 4 members (excludes halogenated alkanes) is 1. The summed E-state index contributed by atoms with van der Waals surface area (Å²) in [7, 11) is 0. The normalized spacial score (nSPS) is 21.2. The number of carbonyl (C=O) groups excluding carboxylic acids is 13. The molecule has 3 aliphatic rings. The molecular weight excluding hydrogens is 1840 g/mol. The van der Waals surface area contributed by atoms with Crippen LogP contribution in [-0.2, 0) is 109 Å². The lowest BCUT2D eigenvalue weighted by Gasteiger charge is -2.43. The molecule has 6 amide bonds. The number of hydrogen-bond acceptors (Lipinski definition) is 29. The van der Waals surface area contributed by atoms with Gasteiger partial charge in [-0.15, -0.1) is 0 Å². The Balaban J connectivity index is 0.721. The number of carbonyl (C=O) groups is 14. The maximum absolute atomic E-state index is 13.8. The van der Waals surface area contributed by atoms with Crippen LogP contribution in [0.2, 0.25) is 0 Å². The Kier molecular flexibility index (Phi) is 49.7. The van der Waals surface area contributed by atoms with Gasteiger partial charge in [0.1, 0.15) is 31.1 Å². The molecule has 7 N–H and O–H groups in total. The molecule has 3 saturated heterocycles. The zero-order valence-corrected chi connectivity index (χ0v) is 81.8. The maximum Gasteiger partial charge on any atom is 0.338 e. The van der Waals surface area contributed by atoms with E-state index in [2.05, 4.69) is 31.9 Å². The maximum atomic E-state index is 13.8. The second kappa shape index (κ2) is 62.2. The average molecular weight is 1980 g/mol. The standard InChI is InChI=1S/C106H138N6O30/c1-71-74(4)94(140-100(125)80-39-19-10-20-40-80)103(137-84(71)65-134-97(122)77-33-13-7-14-34-77)131-59-28-46-83(113)45-25-26-54-107-89(116)51-62-128-68-106(112-92(119)47-27-50-93(120)121,69-129-63-52-90(117)110-57-31-55-108-87(114)48-29-60-132-104-95(141-101(126)81-41-21-11-22-42-81)75(5)72(2)85(138-104)66-135-98(123)78-35-15-8-16-36-78)70-130-64-53-91(118)111-58-32-56-109-88(115)49-30-61-133-105-96(142-102(127)82-43-23-12-24-44-82)76(6)73(3)86(139-105)67-136-99(124)79-37-17-9-18-38-79/h7-24,33-44,71-76,84-86,94-96,103-105H,25-32,45-70H2,1-6H3,(H,107,116)(H,108,114)(H,109,115)(H,110,117)(H,111,118)(H,112,119)(H,120,121)/t71-,72-,73-,74-,75-,76-,84?,85?,86?,94?,95?,96?,103+,104+,105+,106?/m0/s1. The lowest BCUT2D eigenvalue weighted by molar-refractivity contribution is -0.274. The number of Topliss-reactive ketones (excluding diaryl/α,β-unsaturated/α-hetero) is 1. The van der Waals surface area contributed by atoms with Gasteiger partial charge in [-0.25, -0.2) is 28.8 Å². The van der Waals surface area contributed by atoms with Crippen molar-refractivity contribution >= 4 is 83.0 Å². The van der Waals surface area contributed by atoms with Gasteiger partial charge in [-0.1, -0.05) is 151 Å². The van der Waals surface area contributed by atoms with E-state index in [1.165, 1.54) is 0 Å². The zero-order valence-electron chi connectivity index (χ0n) is 81.8. The Hall–Kier alpha value is -12.3. The number of carboxylic acids is 1. The summed E-state index contributed by atoms with van der Waals surface area (Å²) in [6.07, 6.45) is -5.60. The van der Waals surface area contributed by atoms with Gasteiger partial charge in [0.15, 0.2) is 37.2 Å². The summed E-state index contributed by atoms with van der Waals surface area (Å²) in [6, 6.07) is 51.1. The monoisotopic (exact) mass is 1970 g/mol. The molecule has 0 aromatic heterocycles. The van der Waals surface area contributed by atoms with Crippen molar-refractivity contribution in [3.63, 3.8) is 0 Å². The first-order valence-electron chi connectivity index (χ1n) is 49.0. The molecule has 3 heterocycles. The highest BCUT2D eigenvalue weighted by atomic mass is 16.7. The molecule has 3 fully saturated rings. The molecule has 9 rings (SSSR count). The Labute approximate surface area is 828 Å². The van der Waals surface area contributed by atoms with Gasteiger partial charge in [-0.2, -0.15) is 0 Å². The predicted molar refractivity (Wildman–Crippen MR) is 515 cm³/mol. The molecule has 0 spiro atoms. The number of rotatable bonds is 63. The van der Waals surface area contributed by atoms with Crippen molar-refractivity contribution in [2.75, 3.05) is 112 Å². The van der Waals surface area contributed by atoms with Gasteiger partial charge in [-0.05, 0) is 142 Å². The zero-order chi connectivity index (χ0) is 102. The van der Waals surface area contributed by atoms with Crippen molar-refractivity contribution in [1.82, 2.24) is 31.9 Å². The van der Waals surface area contributed by atoms with Gasteiger partial charge in [-0.3, -0.25) is 38.4 Å². The summed E-state index contributed by atoms with van der Waals surface area (Å²) in [5.74, 6) is -8.40. The smallest absolute Gasteiger partial charge is 0.338 e. The summed E-state index contributed by atoms with van der Waals surface area (Å²) in [4.78, 5) is 183. The van der Waals surface area contributed by atoms with Crippen molar-refractivity contribution in [2.24, 2.45) is 35.5 Å². The highest BCUT2D eigenvalue weighted by molar-refractivity contribution is 5.92. The Morgan fingerprint density at radius 3 is 0.838 bits per heavy atom. The third-order valence-electron chi connectivity index (χ3n) is 25.0. The van der Waals surface area contributed by atoms with Crippen molar-refractivity contribution in [1.29, 1.82) is 0 Å². The minimum Gasteiger partial charge on any atom is -0.481 e. The van der Waals surface area contributed by atoms with Crippen LogP contribution in [0, 0.1) is 35.5 Å². The Morgan fingerprint density at radius 2 is 0.542 bits per heavy atom. The molecule has 6 unspecified atom stereocenters. The van der Waals surface area contributed by atoms with Crippen LogP contribution in [0.15, 0.2) is 182 Å². The average Bonchev–Trinajstić information content (AvgIpc) is 0.800. The molecule has 0 bridgehead atoms. The summed E-state index contributed by atoms with van der Waals surface area (Å²) in [5, 5.41) is 26.5. The van der Waals surface area contributed by atoms with Gasteiger partial charge >= 0.3 is 41.8 Å². The number of nitrogens with one attached hydrogen (secondary N) is 6. The fourth-order valence-corrected chi connectivity index (χ4v) is 15.9. The van der Waals surface area contributed by atoms with E-state index < -0.39 is 121 Å². The summed E-state index contributed by atoms with van der Waals surface area (Å²) in [5.41, 5.74) is 0.609. The highest BCUT2D eigenvalue weighted by Gasteiger charge is 2.49. The Morgan fingerprint density at radius 1 is 0.282 bits per heavy atom. The quantitative estimate of drug-likeness (QED) is 0.0106. The molecule has 6 aromatic carbocycles. The van der Waals surface area contributed by atoms with E-state index in [1.54, 1.807) is 182 Å². The summed E-state index contributed by atoms with van der Waals surface area (Å²) in [6.45, 7) is 10.8. The van der Waals surface area contributed by atoms with Crippen molar-refractivity contribution < 1.29 is 143 Å². The number of carboxylic acid groups (broad SMARTS) is 1. The van der Waals surface area contributed by atoms with Gasteiger partial charge in [0.2, 0.25) is 35.4 Å². The number of ether oxygens (including phenoxy) is 15. The fourth-order valence-electron chi connectivity index (χ4n) is 15.9. The molecule has 0 saturated carbocycles. The van der Waals surface area contributed by atoms with Gasteiger partial charge in [0.05, 0.1) is 111 Å². The van der Waals surface area contributed by atoms with E-state index >= 15 is 0 Å². The van der Waals surface area contributed by atoms with Crippen molar-refractivity contribution in [3.8, 4) is 0 Å². The fraction of sp³-hybridized carbons (Fsp3) is 0.528. The first-order valence-corrected chi connectivity index (χ1v) is 49.0. The predicted octanol–water partition coefficient (Wildman–Crippen LogP) is 11.0. The third-order valence-corrected chi connectivity index (χ3v) is 25.0. The second-order valence-corrected chi connectivity index (χ2v) is 35.7. The van der Waals surface area contributed by atoms with Gasteiger partial charge in [0, 0.05) is 108 Å². The van der Waals surface area contributed by atoms with Crippen LogP contribution in [0.5, 0.6) is 0 Å².